The first kappa shape index (κ1) is 18.1. The SMILES string of the molecule is O=C(c1ccc(-c2ccc(Cl)cc2)cc1)N1CC2CN(c3ncccn3)CC2C1. The van der Waals surface area contributed by atoms with E-state index in [1.54, 1.807) is 12.4 Å². The predicted octanol–water partition coefficient (Wildman–Crippen LogP) is 4.01. The molecule has 3 heterocycles. The quantitative estimate of drug-likeness (QED) is 0.662. The van der Waals surface area contributed by atoms with Gasteiger partial charge in [-0.05, 0) is 41.5 Å². The standard InChI is InChI=1S/C23H21ClN4O/c24-21-8-6-17(7-9-21)16-2-4-18(5-3-16)22(29)27-12-19-14-28(15-20(19)13-27)23-25-10-1-11-26-23/h1-11,19-20H,12-15H2. The van der Waals surface area contributed by atoms with E-state index >= 15 is 0 Å². The van der Waals surface area contributed by atoms with Crippen LogP contribution in [0.1, 0.15) is 10.4 Å². The summed E-state index contributed by atoms with van der Waals surface area (Å²) in [7, 11) is 0. The minimum absolute atomic E-state index is 0.115. The van der Waals surface area contributed by atoms with Crippen molar-refractivity contribution in [2.24, 2.45) is 11.8 Å². The number of halogens is 1. The molecule has 146 valence electrons. The molecule has 2 fully saturated rings. The molecule has 1 amide bonds. The number of amides is 1. The number of benzene rings is 2. The predicted molar refractivity (Wildman–Crippen MR) is 114 cm³/mol. The highest BCUT2D eigenvalue weighted by atomic mass is 35.5. The van der Waals surface area contributed by atoms with Crippen molar-refractivity contribution in [1.29, 1.82) is 0 Å². The Hall–Kier alpha value is -2.92. The second-order valence-corrected chi connectivity index (χ2v) is 8.20. The molecule has 1 aromatic heterocycles. The van der Waals surface area contributed by atoms with Crippen LogP contribution in [0.3, 0.4) is 0 Å². The summed E-state index contributed by atoms with van der Waals surface area (Å²) in [6, 6.07) is 17.4. The van der Waals surface area contributed by atoms with E-state index in [1.165, 1.54) is 0 Å². The van der Waals surface area contributed by atoms with E-state index in [2.05, 4.69) is 14.9 Å². The lowest BCUT2D eigenvalue weighted by Crippen LogP contribution is -2.33. The van der Waals surface area contributed by atoms with Crippen LogP contribution in [0, 0.1) is 11.8 Å². The van der Waals surface area contributed by atoms with Gasteiger partial charge in [0.25, 0.3) is 5.91 Å². The molecule has 2 aromatic carbocycles. The summed E-state index contributed by atoms with van der Waals surface area (Å²) < 4.78 is 0. The number of rotatable bonds is 3. The van der Waals surface area contributed by atoms with Gasteiger partial charge in [0.2, 0.25) is 5.95 Å². The third-order valence-electron chi connectivity index (χ3n) is 5.92. The number of carbonyl (C=O) groups is 1. The van der Waals surface area contributed by atoms with Crippen LogP contribution in [0.25, 0.3) is 11.1 Å². The van der Waals surface area contributed by atoms with Crippen LogP contribution < -0.4 is 4.90 Å². The zero-order valence-electron chi connectivity index (χ0n) is 15.9. The fourth-order valence-electron chi connectivity index (χ4n) is 4.41. The largest absolute Gasteiger partial charge is 0.340 e. The lowest BCUT2D eigenvalue weighted by atomic mass is 10.0. The molecule has 5 nitrogen and oxygen atoms in total. The van der Waals surface area contributed by atoms with Crippen LogP contribution in [0.5, 0.6) is 0 Å². The molecule has 2 aliphatic heterocycles. The van der Waals surface area contributed by atoms with Gasteiger partial charge < -0.3 is 9.80 Å². The van der Waals surface area contributed by atoms with E-state index < -0.39 is 0 Å². The van der Waals surface area contributed by atoms with Gasteiger partial charge in [-0.25, -0.2) is 9.97 Å². The zero-order chi connectivity index (χ0) is 19.8. The number of hydrogen-bond acceptors (Lipinski definition) is 4. The highest BCUT2D eigenvalue weighted by Gasteiger charge is 2.42. The average molecular weight is 405 g/mol. The minimum Gasteiger partial charge on any atom is -0.340 e. The highest BCUT2D eigenvalue weighted by molar-refractivity contribution is 6.30. The smallest absolute Gasteiger partial charge is 0.253 e. The van der Waals surface area contributed by atoms with Crippen molar-refractivity contribution in [3.8, 4) is 11.1 Å². The molecule has 29 heavy (non-hydrogen) atoms. The van der Waals surface area contributed by atoms with Crippen molar-refractivity contribution in [3.05, 3.63) is 77.6 Å². The Bertz CT molecular complexity index is 993. The molecule has 5 rings (SSSR count). The van der Waals surface area contributed by atoms with E-state index in [0.717, 1.165) is 53.8 Å². The van der Waals surface area contributed by atoms with Crippen molar-refractivity contribution in [2.75, 3.05) is 31.1 Å². The van der Waals surface area contributed by atoms with E-state index in [1.807, 2.05) is 59.5 Å². The van der Waals surface area contributed by atoms with Gasteiger partial charge in [-0.15, -0.1) is 0 Å². The molecule has 0 aliphatic carbocycles. The van der Waals surface area contributed by atoms with Crippen molar-refractivity contribution < 1.29 is 4.79 Å². The van der Waals surface area contributed by atoms with Gasteiger partial charge in [-0.3, -0.25) is 4.79 Å². The van der Waals surface area contributed by atoms with E-state index in [4.69, 9.17) is 11.6 Å². The summed E-state index contributed by atoms with van der Waals surface area (Å²) in [6.07, 6.45) is 3.56. The Labute approximate surface area is 175 Å². The summed E-state index contributed by atoms with van der Waals surface area (Å²) in [5.74, 6) is 1.87. The Morgan fingerprint density at radius 1 is 0.828 bits per heavy atom. The summed E-state index contributed by atoms with van der Waals surface area (Å²) in [5.41, 5.74) is 2.91. The molecule has 2 aliphatic rings. The van der Waals surface area contributed by atoms with Crippen LogP contribution >= 0.6 is 11.6 Å². The van der Waals surface area contributed by atoms with E-state index in [-0.39, 0.29) is 5.91 Å². The van der Waals surface area contributed by atoms with Crippen LogP contribution in [-0.2, 0) is 0 Å². The van der Waals surface area contributed by atoms with Gasteiger partial charge >= 0.3 is 0 Å². The summed E-state index contributed by atoms with van der Waals surface area (Å²) >= 11 is 5.96. The van der Waals surface area contributed by atoms with E-state index in [0.29, 0.717) is 11.8 Å². The van der Waals surface area contributed by atoms with Crippen molar-refractivity contribution in [2.45, 2.75) is 0 Å². The van der Waals surface area contributed by atoms with Crippen LogP contribution in [0.15, 0.2) is 67.0 Å². The molecule has 2 saturated heterocycles. The second-order valence-electron chi connectivity index (χ2n) is 7.77. The number of likely N-dealkylation sites (tertiary alicyclic amines) is 1. The number of carbonyl (C=O) groups excluding carboxylic acids is 1. The van der Waals surface area contributed by atoms with Crippen LogP contribution in [0.2, 0.25) is 5.02 Å². The number of nitrogens with zero attached hydrogens (tertiary/aromatic N) is 4. The first-order valence-electron chi connectivity index (χ1n) is 9.84. The summed E-state index contributed by atoms with van der Waals surface area (Å²) in [6.45, 7) is 3.42. The monoisotopic (exact) mass is 404 g/mol. The maximum absolute atomic E-state index is 13.0. The van der Waals surface area contributed by atoms with Gasteiger partial charge in [0, 0.05) is 61.0 Å². The topological polar surface area (TPSA) is 49.3 Å². The summed E-state index contributed by atoms with van der Waals surface area (Å²) in [4.78, 5) is 25.9. The van der Waals surface area contributed by atoms with Crippen molar-refractivity contribution in [3.63, 3.8) is 0 Å². The molecule has 0 bridgehead atoms. The third kappa shape index (κ3) is 3.58. The first-order chi connectivity index (χ1) is 14.2. The van der Waals surface area contributed by atoms with E-state index in [9.17, 15) is 4.79 Å². The Kier molecular flexibility index (Phi) is 4.68. The Morgan fingerprint density at radius 3 is 1.97 bits per heavy atom. The summed E-state index contributed by atoms with van der Waals surface area (Å²) in [5, 5.41) is 0.720. The third-order valence-corrected chi connectivity index (χ3v) is 6.17. The Morgan fingerprint density at radius 2 is 1.38 bits per heavy atom. The normalized spacial score (nSPS) is 20.7. The molecule has 3 aromatic rings. The molecule has 0 saturated carbocycles. The van der Waals surface area contributed by atoms with Gasteiger partial charge in [-0.2, -0.15) is 0 Å². The van der Waals surface area contributed by atoms with Gasteiger partial charge in [0.05, 0.1) is 0 Å². The van der Waals surface area contributed by atoms with Gasteiger partial charge in [0.1, 0.15) is 0 Å². The lowest BCUT2D eigenvalue weighted by molar-refractivity contribution is 0.0782. The first-order valence-corrected chi connectivity index (χ1v) is 10.2. The highest BCUT2D eigenvalue weighted by Crippen LogP contribution is 2.33. The van der Waals surface area contributed by atoms with Crippen LogP contribution in [-0.4, -0.2) is 47.0 Å². The minimum atomic E-state index is 0.115. The fraction of sp³-hybridized carbons (Fsp3) is 0.261. The second kappa shape index (κ2) is 7.48. The number of hydrogen-bond donors (Lipinski definition) is 0. The average Bonchev–Trinajstić information content (AvgIpc) is 3.34. The fourth-order valence-corrected chi connectivity index (χ4v) is 4.53. The van der Waals surface area contributed by atoms with Crippen LogP contribution in [0.4, 0.5) is 5.95 Å². The maximum Gasteiger partial charge on any atom is 0.253 e. The van der Waals surface area contributed by atoms with Crippen molar-refractivity contribution >= 4 is 23.5 Å². The molecular formula is C23H21ClN4O. The molecule has 2 unspecified atom stereocenters. The molecule has 0 radical (unpaired) electrons. The molecule has 2 atom stereocenters. The maximum atomic E-state index is 13.0. The Balaban J connectivity index is 1.24. The number of anilines is 1. The molecule has 0 spiro atoms. The molecule has 0 N–H and O–H groups in total. The van der Waals surface area contributed by atoms with Gasteiger partial charge in [0.15, 0.2) is 0 Å². The number of aromatic nitrogens is 2. The van der Waals surface area contributed by atoms with Gasteiger partial charge in [-0.1, -0.05) is 35.9 Å². The molecular weight excluding hydrogens is 384 g/mol. The molecule has 6 heteroatoms. The van der Waals surface area contributed by atoms with Crippen molar-refractivity contribution in [1.82, 2.24) is 14.9 Å². The zero-order valence-corrected chi connectivity index (χ0v) is 16.7. The lowest BCUT2D eigenvalue weighted by Gasteiger charge is -2.21. The number of fused-ring (bicyclic) bond motifs is 1.